The van der Waals surface area contributed by atoms with Gasteiger partial charge in [0.2, 0.25) is 11.8 Å². The molecular formula is C16H22ClN3O4S. The number of hydrogen-bond acceptors (Lipinski definition) is 5. The van der Waals surface area contributed by atoms with Gasteiger partial charge in [0.25, 0.3) is 0 Å². The molecule has 138 valence electrons. The van der Waals surface area contributed by atoms with Crippen molar-refractivity contribution in [1.82, 2.24) is 15.1 Å². The van der Waals surface area contributed by atoms with Crippen molar-refractivity contribution < 1.29 is 18.0 Å². The summed E-state index contributed by atoms with van der Waals surface area (Å²) in [6, 6.07) is 6.11. The number of hydrogen-bond donors (Lipinski definition) is 1. The lowest BCUT2D eigenvalue weighted by Gasteiger charge is -2.32. The Balaban J connectivity index is 1.79. The van der Waals surface area contributed by atoms with E-state index in [0.717, 1.165) is 13.1 Å². The molecule has 0 aromatic heterocycles. The van der Waals surface area contributed by atoms with Crippen molar-refractivity contribution in [2.45, 2.75) is 11.3 Å². The summed E-state index contributed by atoms with van der Waals surface area (Å²) in [6.45, 7) is 2.75. The number of sulfone groups is 1. The van der Waals surface area contributed by atoms with E-state index in [9.17, 15) is 18.0 Å². The standard InChI is InChI=1S/C16H22ClN3O4S/c1-19-7-9-20(10-8-19)16(22)12-18-15(21)6-11-25(23,24)14-5-3-2-4-13(14)17/h2-5H,6-12H2,1H3,(H,18,21). The number of benzene rings is 1. The molecule has 0 aliphatic carbocycles. The average molecular weight is 388 g/mol. The predicted octanol–water partition coefficient (Wildman–Crippen LogP) is 0.394. The average Bonchev–Trinajstić information content (AvgIpc) is 2.59. The molecule has 25 heavy (non-hydrogen) atoms. The molecule has 0 bridgehead atoms. The van der Waals surface area contributed by atoms with Crippen LogP contribution >= 0.6 is 11.6 Å². The van der Waals surface area contributed by atoms with Crippen LogP contribution in [0.5, 0.6) is 0 Å². The van der Waals surface area contributed by atoms with E-state index >= 15 is 0 Å². The maximum absolute atomic E-state index is 12.2. The largest absolute Gasteiger partial charge is 0.347 e. The zero-order valence-corrected chi connectivity index (χ0v) is 15.6. The molecule has 1 heterocycles. The fourth-order valence-corrected chi connectivity index (χ4v) is 4.28. The first-order chi connectivity index (χ1) is 11.8. The van der Waals surface area contributed by atoms with E-state index in [2.05, 4.69) is 10.2 Å². The van der Waals surface area contributed by atoms with Crippen LogP contribution in [0.3, 0.4) is 0 Å². The SMILES string of the molecule is CN1CCN(C(=O)CNC(=O)CCS(=O)(=O)c2ccccc2Cl)CC1. The molecule has 9 heteroatoms. The topological polar surface area (TPSA) is 86.8 Å². The first kappa shape index (κ1) is 19.7. The van der Waals surface area contributed by atoms with E-state index in [4.69, 9.17) is 11.6 Å². The van der Waals surface area contributed by atoms with E-state index in [0.29, 0.717) is 13.1 Å². The van der Waals surface area contributed by atoms with Crippen molar-refractivity contribution in [3.63, 3.8) is 0 Å². The molecule has 7 nitrogen and oxygen atoms in total. The van der Waals surface area contributed by atoms with Crippen LogP contribution in [-0.2, 0) is 19.4 Å². The lowest BCUT2D eigenvalue weighted by atomic mass is 10.3. The second-order valence-electron chi connectivity index (χ2n) is 5.96. The normalized spacial score (nSPS) is 15.8. The molecule has 1 saturated heterocycles. The van der Waals surface area contributed by atoms with Crippen LogP contribution in [0.25, 0.3) is 0 Å². The fourth-order valence-electron chi connectivity index (χ4n) is 2.46. The first-order valence-electron chi connectivity index (χ1n) is 8.00. The third kappa shape index (κ3) is 5.69. The summed E-state index contributed by atoms with van der Waals surface area (Å²) in [7, 11) is -1.66. The Bertz CT molecular complexity index is 731. The summed E-state index contributed by atoms with van der Waals surface area (Å²) >= 11 is 5.89. The van der Waals surface area contributed by atoms with Gasteiger partial charge in [0.1, 0.15) is 0 Å². The Kier molecular flexibility index (Phi) is 6.80. The van der Waals surface area contributed by atoms with E-state index in [1.54, 1.807) is 17.0 Å². The van der Waals surface area contributed by atoms with Crippen LogP contribution in [0.15, 0.2) is 29.2 Å². The highest BCUT2D eigenvalue weighted by molar-refractivity contribution is 7.91. The molecule has 0 radical (unpaired) electrons. The second-order valence-corrected chi connectivity index (χ2v) is 8.44. The number of likely N-dealkylation sites (N-methyl/N-ethyl adjacent to an activating group) is 1. The van der Waals surface area contributed by atoms with E-state index in [1.165, 1.54) is 12.1 Å². The van der Waals surface area contributed by atoms with Gasteiger partial charge in [-0.2, -0.15) is 0 Å². The molecule has 1 N–H and O–H groups in total. The zero-order chi connectivity index (χ0) is 18.4. The highest BCUT2D eigenvalue weighted by Gasteiger charge is 2.21. The van der Waals surface area contributed by atoms with Gasteiger partial charge in [0.15, 0.2) is 9.84 Å². The molecule has 1 fully saturated rings. The van der Waals surface area contributed by atoms with E-state index in [-0.39, 0.29) is 34.5 Å². The minimum Gasteiger partial charge on any atom is -0.347 e. The Morgan fingerprint density at radius 1 is 1.16 bits per heavy atom. The lowest BCUT2D eigenvalue weighted by molar-refractivity contribution is -0.134. The van der Waals surface area contributed by atoms with Gasteiger partial charge in [-0.3, -0.25) is 9.59 Å². The van der Waals surface area contributed by atoms with Gasteiger partial charge < -0.3 is 15.1 Å². The summed E-state index contributed by atoms with van der Waals surface area (Å²) in [5.74, 6) is -0.987. The quantitative estimate of drug-likeness (QED) is 0.763. The van der Waals surface area contributed by atoms with Gasteiger partial charge in [-0.1, -0.05) is 23.7 Å². The Labute approximate surface area is 152 Å². The zero-order valence-electron chi connectivity index (χ0n) is 14.1. The molecule has 0 atom stereocenters. The molecular weight excluding hydrogens is 366 g/mol. The van der Waals surface area contributed by atoms with Crippen LogP contribution < -0.4 is 5.32 Å². The van der Waals surface area contributed by atoms with Gasteiger partial charge in [-0.15, -0.1) is 0 Å². The Hall–Kier alpha value is -1.64. The van der Waals surface area contributed by atoms with Gasteiger partial charge >= 0.3 is 0 Å². The minimum absolute atomic E-state index is 0.0120. The number of nitrogens with zero attached hydrogens (tertiary/aromatic N) is 2. The van der Waals surface area contributed by atoms with E-state index in [1.807, 2.05) is 7.05 Å². The summed E-state index contributed by atoms with van der Waals surface area (Å²) in [5, 5.41) is 2.62. The third-order valence-electron chi connectivity index (χ3n) is 4.06. The molecule has 1 aromatic carbocycles. The van der Waals surface area contributed by atoms with Gasteiger partial charge in [0, 0.05) is 32.6 Å². The Morgan fingerprint density at radius 2 is 1.80 bits per heavy atom. The molecule has 0 saturated carbocycles. The van der Waals surface area contributed by atoms with Crippen LogP contribution in [-0.4, -0.2) is 75.6 Å². The number of carbonyl (C=O) groups excluding carboxylic acids is 2. The monoisotopic (exact) mass is 387 g/mol. The molecule has 1 aromatic rings. The van der Waals surface area contributed by atoms with Crippen molar-refractivity contribution in [1.29, 1.82) is 0 Å². The molecule has 0 spiro atoms. The number of rotatable bonds is 6. The number of amides is 2. The maximum atomic E-state index is 12.2. The lowest BCUT2D eigenvalue weighted by Crippen LogP contribution is -2.50. The number of carbonyl (C=O) groups is 2. The Morgan fingerprint density at radius 3 is 2.44 bits per heavy atom. The molecule has 1 aliphatic heterocycles. The maximum Gasteiger partial charge on any atom is 0.242 e. The van der Waals surface area contributed by atoms with Crippen molar-refractivity contribution in [3.8, 4) is 0 Å². The number of halogens is 1. The molecule has 0 unspecified atom stereocenters. The van der Waals surface area contributed by atoms with Crippen molar-refractivity contribution >= 4 is 33.3 Å². The van der Waals surface area contributed by atoms with Gasteiger partial charge in [-0.25, -0.2) is 8.42 Å². The van der Waals surface area contributed by atoms with E-state index < -0.39 is 15.7 Å². The van der Waals surface area contributed by atoms with Crippen molar-refractivity contribution in [2.24, 2.45) is 0 Å². The van der Waals surface area contributed by atoms with Crippen molar-refractivity contribution in [3.05, 3.63) is 29.3 Å². The molecule has 2 amide bonds. The first-order valence-corrected chi connectivity index (χ1v) is 10.0. The van der Waals surface area contributed by atoms with Crippen molar-refractivity contribution in [2.75, 3.05) is 45.5 Å². The van der Waals surface area contributed by atoms with Gasteiger partial charge in [0.05, 0.1) is 22.2 Å². The molecule has 1 aliphatic rings. The van der Waals surface area contributed by atoms with Crippen LogP contribution in [0.2, 0.25) is 5.02 Å². The fraction of sp³-hybridized carbons (Fsp3) is 0.500. The highest BCUT2D eigenvalue weighted by Crippen LogP contribution is 2.22. The number of nitrogens with one attached hydrogen (secondary N) is 1. The van der Waals surface area contributed by atoms with Crippen LogP contribution in [0, 0.1) is 0 Å². The van der Waals surface area contributed by atoms with Crippen LogP contribution in [0.1, 0.15) is 6.42 Å². The van der Waals surface area contributed by atoms with Crippen LogP contribution in [0.4, 0.5) is 0 Å². The highest BCUT2D eigenvalue weighted by atomic mass is 35.5. The molecule has 2 rings (SSSR count). The summed E-state index contributed by atoms with van der Waals surface area (Å²) in [6.07, 6.45) is -0.219. The van der Waals surface area contributed by atoms with Gasteiger partial charge in [-0.05, 0) is 19.2 Å². The third-order valence-corrected chi connectivity index (χ3v) is 6.27. The summed E-state index contributed by atoms with van der Waals surface area (Å²) in [5.41, 5.74) is 0. The second kappa shape index (κ2) is 8.64. The smallest absolute Gasteiger partial charge is 0.242 e. The minimum atomic E-state index is -3.64. The predicted molar refractivity (Wildman–Crippen MR) is 95.2 cm³/mol. The summed E-state index contributed by atoms with van der Waals surface area (Å²) in [4.78, 5) is 27.7. The number of piperazine rings is 1. The summed E-state index contributed by atoms with van der Waals surface area (Å²) < 4.78 is 24.5.